The van der Waals surface area contributed by atoms with Gasteiger partial charge in [-0.05, 0) is 36.8 Å². The van der Waals surface area contributed by atoms with Gasteiger partial charge < -0.3 is 20.6 Å². The first kappa shape index (κ1) is 20.4. The maximum Gasteiger partial charge on any atom is 0.257 e. The van der Waals surface area contributed by atoms with E-state index in [9.17, 15) is 19.5 Å². The van der Waals surface area contributed by atoms with Crippen molar-refractivity contribution < 1.29 is 9.90 Å². The minimum atomic E-state index is -0.600. The summed E-state index contributed by atoms with van der Waals surface area (Å²) in [6.45, 7) is 0. The highest BCUT2D eigenvalue weighted by atomic mass is 16.3. The summed E-state index contributed by atoms with van der Waals surface area (Å²) in [6.07, 6.45) is 8.35. The molecule has 0 bridgehead atoms. The van der Waals surface area contributed by atoms with Crippen LogP contribution in [0.15, 0.2) is 27.8 Å². The van der Waals surface area contributed by atoms with Crippen molar-refractivity contribution in [2.75, 3.05) is 24.7 Å². The van der Waals surface area contributed by atoms with Crippen LogP contribution in [-0.2, 0) is 0 Å². The molecule has 7 nitrogen and oxygen atoms in total. The van der Waals surface area contributed by atoms with E-state index in [2.05, 4.69) is 10.6 Å². The number of anilines is 3. The van der Waals surface area contributed by atoms with Crippen molar-refractivity contribution >= 4 is 23.0 Å². The molecular formula is C23H29N3O4. The predicted molar refractivity (Wildman–Crippen MR) is 117 cm³/mol. The molecule has 0 saturated heterocycles. The van der Waals surface area contributed by atoms with Gasteiger partial charge in [0.05, 0.1) is 11.3 Å². The number of carbonyl (C=O) groups is 1. The van der Waals surface area contributed by atoms with E-state index in [1.807, 2.05) is 0 Å². The number of phenols is 1. The van der Waals surface area contributed by atoms with Crippen molar-refractivity contribution in [3.8, 4) is 5.75 Å². The van der Waals surface area contributed by atoms with Gasteiger partial charge in [-0.1, -0.05) is 38.2 Å². The second-order valence-electron chi connectivity index (χ2n) is 8.82. The van der Waals surface area contributed by atoms with Crippen LogP contribution in [0.3, 0.4) is 0 Å². The van der Waals surface area contributed by atoms with Gasteiger partial charge in [0.1, 0.15) is 11.4 Å². The molecule has 30 heavy (non-hydrogen) atoms. The van der Waals surface area contributed by atoms with Gasteiger partial charge in [0.15, 0.2) is 5.75 Å². The molecule has 2 aliphatic rings. The molecule has 0 heterocycles. The van der Waals surface area contributed by atoms with Gasteiger partial charge >= 0.3 is 0 Å². The quantitative estimate of drug-likeness (QED) is 0.499. The molecule has 3 N–H and O–H groups in total. The van der Waals surface area contributed by atoms with E-state index in [0.717, 1.165) is 19.3 Å². The van der Waals surface area contributed by atoms with E-state index >= 15 is 0 Å². The summed E-state index contributed by atoms with van der Waals surface area (Å²) >= 11 is 0. The number of hydrogen-bond donors (Lipinski definition) is 3. The first-order valence-corrected chi connectivity index (χ1v) is 10.8. The highest BCUT2D eigenvalue weighted by Crippen LogP contribution is 2.42. The maximum atomic E-state index is 12.3. The number of aromatic hydroxyl groups is 1. The van der Waals surface area contributed by atoms with Crippen molar-refractivity contribution in [2.24, 2.45) is 11.8 Å². The lowest BCUT2D eigenvalue weighted by atomic mass is 9.86. The minimum Gasteiger partial charge on any atom is -0.505 e. The smallest absolute Gasteiger partial charge is 0.257 e. The molecule has 2 aromatic rings. The largest absolute Gasteiger partial charge is 0.505 e. The number of benzene rings is 1. The number of hydrogen-bond acceptors (Lipinski definition) is 6. The second kappa shape index (κ2) is 8.13. The summed E-state index contributed by atoms with van der Waals surface area (Å²) in [6, 6.07) is 4.94. The highest BCUT2D eigenvalue weighted by molar-refractivity contribution is 5.99. The van der Waals surface area contributed by atoms with E-state index in [4.69, 9.17) is 0 Å². The third-order valence-electron chi connectivity index (χ3n) is 6.75. The van der Waals surface area contributed by atoms with Crippen molar-refractivity contribution in [2.45, 2.75) is 51.0 Å². The zero-order chi connectivity index (χ0) is 21.4. The normalized spacial score (nSPS) is 21.8. The van der Waals surface area contributed by atoms with Gasteiger partial charge in [-0.25, -0.2) is 0 Å². The van der Waals surface area contributed by atoms with Crippen LogP contribution in [0.5, 0.6) is 5.75 Å². The number of nitrogens with zero attached hydrogens (tertiary/aromatic N) is 1. The van der Waals surface area contributed by atoms with Gasteiger partial charge in [0, 0.05) is 20.1 Å². The van der Waals surface area contributed by atoms with Gasteiger partial charge in [0.2, 0.25) is 0 Å². The van der Waals surface area contributed by atoms with E-state index in [1.165, 1.54) is 36.6 Å². The fourth-order valence-electron chi connectivity index (χ4n) is 5.14. The van der Waals surface area contributed by atoms with Gasteiger partial charge in [-0.15, -0.1) is 0 Å². The molecule has 2 saturated carbocycles. The molecule has 2 fully saturated rings. The van der Waals surface area contributed by atoms with Crippen LogP contribution in [0.4, 0.5) is 17.1 Å². The van der Waals surface area contributed by atoms with Crippen LogP contribution in [0, 0.1) is 11.8 Å². The van der Waals surface area contributed by atoms with Crippen LogP contribution in [-0.4, -0.2) is 36.1 Å². The number of amides is 1. The Labute approximate surface area is 175 Å². The molecule has 4 rings (SSSR count). The highest BCUT2D eigenvalue weighted by Gasteiger charge is 2.36. The molecule has 2 aliphatic carbocycles. The Morgan fingerprint density at radius 1 is 1.00 bits per heavy atom. The summed E-state index contributed by atoms with van der Waals surface area (Å²) < 4.78 is 0. The van der Waals surface area contributed by atoms with Gasteiger partial charge in [0.25, 0.3) is 16.8 Å². The van der Waals surface area contributed by atoms with E-state index < -0.39 is 10.9 Å². The molecule has 0 aromatic heterocycles. The Balaban J connectivity index is 1.56. The number of nitrogens with one attached hydrogen (secondary N) is 2. The van der Waals surface area contributed by atoms with Crippen LogP contribution in [0.25, 0.3) is 0 Å². The zero-order valence-corrected chi connectivity index (χ0v) is 17.5. The number of rotatable bonds is 6. The van der Waals surface area contributed by atoms with Crippen molar-refractivity contribution in [1.82, 2.24) is 4.90 Å². The van der Waals surface area contributed by atoms with E-state index in [0.29, 0.717) is 17.5 Å². The van der Waals surface area contributed by atoms with Crippen LogP contribution >= 0.6 is 0 Å². The monoisotopic (exact) mass is 411 g/mol. The average molecular weight is 412 g/mol. The summed E-state index contributed by atoms with van der Waals surface area (Å²) in [7, 11) is 3.20. The Hall–Kier alpha value is -2.83. The minimum absolute atomic E-state index is 0.135. The lowest BCUT2D eigenvalue weighted by molar-refractivity contribution is 0.0824. The molecule has 1 amide bonds. The SMILES string of the molecule is CN(C)C(=O)c1cccc(Nc2c(N[C@H]3CCCC3C3CCCC3)c(=O)c2=O)c1O. The predicted octanol–water partition coefficient (Wildman–Crippen LogP) is 3.20. The first-order chi connectivity index (χ1) is 14.4. The molecule has 7 heteroatoms. The number of para-hydroxylation sites is 1. The molecular weight excluding hydrogens is 382 g/mol. The van der Waals surface area contributed by atoms with Crippen LogP contribution in [0.1, 0.15) is 55.3 Å². The molecule has 1 unspecified atom stereocenters. The maximum absolute atomic E-state index is 12.3. The lowest BCUT2D eigenvalue weighted by Crippen LogP contribution is -2.40. The fourth-order valence-corrected chi connectivity index (χ4v) is 5.14. The Kier molecular flexibility index (Phi) is 5.54. The Bertz CT molecular complexity index is 1020. The second-order valence-corrected chi connectivity index (χ2v) is 8.82. The first-order valence-electron chi connectivity index (χ1n) is 10.8. The average Bonchev–Trinajstić information content (AvgIpc) is 3.42. The molecule has 0 radical (unpaired) electrons. The van der Waals surface area contributed by atoms with E-state index in [1.54, 1.807) is 26.2 Å². The molecule has 2 aromatic carbocycles. The summed E-state index contributed by atoms with van der Waals surface area (Å²) in [5.74, 6) is 0.662. The van der Waals surface area contributed by atoms with Crippen molar-refractivity contribution in [3.63, 3.8) is 0 Å². The topological polar surface area (TPSA) is 98.7 Å². The summed E-state index contributed by atoms with van der Waals surface area (Å²) in [5.41, 5.74) is -0.279. The zero-order valence-electron chi connectivity index (χ0n) is 17.5. The molecule has 160 valence electrons. The standard InChI is InChI=1S/C23H29N3O4/c1-26(2)23(30)15-10-6-12-17(20(15)27)25-19-18(21(28)22(19)29)24-16-11-5-9-14(16)13-7-3-4-8-13/h6,10,12-14,16,24-25,27H,3-5,7-9,11H2,1-2H3/t14?,16-/m0/s1. The number of phenolic OH excluding ortho intramolecular Hbond substituents is 1. The van der Waals surface area contributed by atoms with Crippen LogP contribution < -0.4 is 21.5 Å². The lowest BCUT2D eigenvalue weighted by Gasteiger charge is -2.28. The Morgan fingerprint density at radius 3 is 2.40 bits per heavy atom. The van der Waals surface area contributed by atoms with Crippen molar-refractivity contribution in [1.29, 1.82) is 0 Å². The van der Waals surface area contributed by atoms with E-state index in [-0.39, 0.29) is 34.6 Å². The number of carbonyl (C=O) groups excluding carboxylic acids is 1. The van der Waals surface area contributed by atoms with Crippen LogP contribution in [0.2, 0.25) is 0 Å². The molecule has 0 aliphatic heterocycles. The van der Waals surface area contributed by atoms with Gasteiger partial charge in [-0.2, -0.15) is 0 Å². The summed E-state index contributed by atoms with van der Waals surface area (Å²) in [5, 5.41) is 16.8. The third-order valence-corrected chi connectivity index (χ3v) is 6.75. The Morgan fingerprint density at radius 2 is 1.70 bits per heavy atom. The molecule has 2 atom stereocenters. The van der Waals surface area contributed by atoms with Crippen molar-refractivity contribution in [3.05, 3.63) is 44.2 Å². The molecule has 0 spiro atoms. The fraction of sp³-hybridized carbons (Fsp3) is 0.522. The third kappa shape index (κ3) is 3.57. The van der Waals surface area contributed by atoms with Gasteiger partial charge in [-0.3, -0.25) is 14.4 Å². The summed E-state index contributed by atoms with van der Waals surface area (Å²) in [4.78, 5) is 38.2.